The normalized spacial score (nSPS) is 10.3. The van der Waals surface area contributed by atoms with Crippen molar-refractivity contribution in [3.05, 3.63) is 34.3 Å². The molecule has 6 heteroatoms. The molecule has 0 bridgehead atoms. The fourth-order valence-corrected chi connectivity index (χ4v) is 2.49. The summed E-state index contributed by atoms with van der Waals surface area (Å²) >= 11 is 1.25. The van der Waals surface area contributed by atoms with Gasteiger partial charge in [-0.05, 0) is 37.1 Å². The zero-order valence-electron chi connectivity index (χ0n) is 11.4. The first-order valence-electron chi connectivity index (χ1n) is 5.89. The molecule has 0 unspecified atom stereocenters. The molecule has 0 radical (unpaired) electrons. The molecule has 0 fully saturated rings. The molecule has 19 heavy (non-hydrogen) atoms. The molecule has 0 aliphatic rings. The van der Waals surface area contributed by atoms with E-state index in [1.54, 1.807) is 19.0 Å². The van der Waals surface area contributed by atoms with Crippen LogP contribution in [0, 0.1) is 13.8 Å². The number of aromatic nitrogens is 2. The van der Waals surface area contributed by atoms with Gasteiger partial charge in [0.15, 0.2) is 0 Å². The SMILES string of the molecule is CNc1nnc(C(=O)N(C)c2cc(C)cc(C)c2)s1. The molecule has 0 saturated carbocycles. The van der Waals surface area contributed by atoms with E-state index in [2.05, 4.69) is 21.6 Å². The Balaban J connectivity index is 2.27. The minimum Gasteiger partial charge on any atom is -0.363 e. The first kappa shape index (κ1) is 13.5. The number of amides is 1. The highest BCUT2D eigenvalue weighted by Crippen LogP contribution is 2.22. The van der Waals surface area contributed by atoms with Crippen molar-refractivity contribution in [2.75, 3.05) is 24.3 Å². The van der Waals surface area contributed by atoms with Gasteiger partial charge >= 0.3 is 0 Å². The van der Waals surface area contributed by atoms with Gasteiger partial charge in [-0.3, -0.25) is 4.79 Å². The number of benzene rings is 1. The first-order valence-corrected chi connectivity index (χ1v) is 6.70. The predicted molar refractivity (Wildman–Crippen MR) is 78.1 cm³/mol. The van der Waals surface area contributed by atoms with Gasteiger partial charge in [-0.2, -0.15) is 0 Å². The summed E-state index contributed by atoms with van der Waals surface area (Å²) in [6.45, 7) is 4.03. The van der Waals surface area contributed by atoms with Crippen LogP contribution in [-0.2, 0) is 0 Å². The number of rotatable bonds is 3. The highest BCUT2D eigenvalue weighted by atomic mass is 32.1. The van der Waals surface area contributed by atoms with E-state index in [1.165, 1.54) is 11.3 Å². The Morgan fingerprint density at radius 1 is 1.21 bits per heavy atom. The third-order valence-electron chi connectivity index (χ3n) is 2.72. The lowest BCUT2D eigenvalue weighted by Crippen LogP contribution is -2.26. The van der Waals surface area contributed by atoms with Crippen molar-refractivity contribution in [3.8, 4) is 0 Å². The van der Waals surface area contributed by atoms with E-state index < -0.39 is 0 Å². The molecule has 1 N–H and O–H groups in total. The maximum absolute atomic E-state index is 12.3. The van der Waals surface area contributed by atoms with Crippen molar-refractivity contribution in [3.63, 3.8) is 0 Å². The molecule has 1 amide bonds. The summed E-state index contributed by atoms with van der Waals surface area (Å²) in [7, 11) is 3.50. The molecule has 1 heterocycles. The van der Waals surface area contributed by atoms with Crippen LogP contribution in [0.25, 0.3) is 0 Å². The molecule has 0 atom stereocenters. The van der Waals surface area contributed by atoms with Crippen LogP contribution in [-0.4, -0.2) is 30.2 Å². The van der Waals surface area contributed by atoms with Gasteiger partial charge in [-0.15, -0.1) is 10.2 Å². The van der Waals surface area contributed by atoms with Gasteiger partial charge in [0.2, 0.25) is 10.1 Å². The van der Waals surface area contributed by atoms with Gasteiger partial charge in [0.05, 0.1) is 0 Å². The minimum atomic E-state index is -0.149. The second kappa shape index (κ2) is 5.36. The van der Waals surface area contributed by atoms with Crippen LogP contribution in [0.2, 0.25) is 0 Å². The van der Waals surface area contributed by atoms with Gasteiger partial charge in [0.25, 0.3) is 5.91 Å². The summed E-state index contributed by atoms with van der Waals surface area (Å²) in [6, 6.07) is 6.03. The molecule has 0 spiro atoms. The summed E-state index contributed by atoms with van der Waals surface area (Å²) in [5, 5.41) is 11.7. The third kappa shape index (κ3) is 2.90. The number of anilines is 2. The van der Waals surface area contributed by atoms with Crippen LogP contribution in [0.15, 0.2) is 18.2 Å². The van der Waals surface area contributed by atoms with Gasteiger partial charge < -0.3 is 10.2 Å². The largest absolute Gasteiger partial charge is 0.363 e. The van der Waals surface area contributed by atoms with Crippen molar-refractivity contribution in [1.29, 1.82) is 0 Å². The van der Waals surface area contributed by atoms with Crippen molar-refractivity contribution in [2.24, 2.45) is 0 Å². The Morgan fingerprint density at radius 2 is 1.84 bits per heavy atom. The average Bonchev–Trinajstić information content (AvgIpc) is 2.84. The van der Waals surface area contributed by atoms with Gasteiger partial charge in [-0.1, -0.05) is 17.4 Å². The molecule has 2 aromatic rings. The number of carbonyl (C=O) groups is 1. The smallest absolute Gasteiger partial charge is 0.289 e. The second-order valence-corrected chi connectivity index (χ2v) is 5.35. The Kier molecular flexibility index (Phi) is 3.80. The maximum Gasteiger partial charge on any atom is 0.289 e. The van der Waals surface area contributed by atoms with Gasteiger partial charge in [-0.25, -0.2) is 0 Å². The molecular weight excluding hydrogens is 260 g/mol. The fraction of sp³-hybridized carbons (Fsp3) is 0.308. The van der Waals surface area contributed by atoms with Crippen LogP contribution < -0.4 is 10.2 Å². The molecule has 1 aromatic heterocycles. The van der Waals surface area contributed by atoms with E-state index in [-0.39, 0.29) is 5.91 Å². The quantitative estimate of drug-likeness (QED) is 0.935. The van der Waals surface area contributed by atoms with Crippen LogP contribution in [0.1, 0.15) is 20.9 Å². The molecular formula is C13H16N4OS. The van der Waals surface area contributed by atoms with E-state index in [9.17, 15) is 4.79 Å². The van der Waals surface area contributed by atoms with E-state index >= 15 is 0 Å². The molecule has 0 saturated heterocycles. The number of hydrogen-bond donors (Lipinski definition) is 1. The highest BCUT2D eigenvalue weighted by Gasteiger charge is 2.18. The fourth-order valence-electron chi connectivity index (χ4n) is 1.82. The van der Waals surface area contributed by atoms with Crippen LogP contribution in [0.3, 0.4) is 0 Å². The van der Waals surface area contributed by atoms with E-state index in [4.69, 9.17) is 0 Å². The van der Waals surface area contributed by atoms with Crippen molar-refractivity contribution in [2.45, 2.75) is 13.8 Å². The zero-order valence-corrected chi connectivity index (χ0v) is 12.2. The van der Waals surface area contributed by atoms with Crippen molar-refractivity contribution in [1.82, 2.24) is 10.2 Å². The third-order valence-corrected chi connectivity index (χ3v) is 3.65. The first-order chi connectivity index (χ1) is 9.01. The summed E-state index contributed by atoms with van der Waals surface area (Å²) < 4.78 is 0. The van der Waals surface area contributed by atoms with Crippen molar-refractivity contribution < 1.29 is 4.79 Å². The number of nitrogens with one attached hydrogen (secondary N) is 1. The second-order valence-electron chi connectivity index (χ2n) is 4.37. The van der Waals surface area contributed by atoms with Crippen LogP contribution in [0.5, 0.6) is 0 Å². The maximum atomic E-state index is 12.3. The topological polar surface area (TPSA) is 58.1 Å². The zero-order chi connectivity index (χ0) is 14.0. The van der Waals surface area contributed by atoms with Gasteiger partial charge in [0, 0.05) is 19.8 Å². The monoisotopic (exact) mass is 276 g/mol. The number of aryl methyl sites for hydroxylation is 2. The molecule has 1 aromatic carbocycles. The predicted octanol–water partition coefficient (Wildman–Crippen LogP) is 2.47. The Morgan fingerprint density at radius 3 is 2.37 bits per heavy atom. The van der Waals surface area contributed by atoms with Crippen molar-refractivity contribution >= 4 is 28.1 Å². The number of carbonyl (C=O) groups excluding carboxylic acids is 1. The van der Waals surface area contributed by atoms with Gasteiger partial charge in [0.1, 0.15) is 0 Å². The lowest BCUT2D eigenvalue weighted by atomic mass is 10.1. The average molecular weight is 276 g/mol. The minimum absolute atomic E-state index is 0.149. The summed E-state index contributed by atoms with van der Waals surface area (Å²) in [6.07, 6.45) is 0. The van der Waals surface area contributed by atoms with E-state index in [0.717, 1.165) is 16.8 Å². The van der Waals surface area contributed by atoms with E-state index in [0.29, 0.717) is 10.1 Å². The molecule has 0 aliphatic carbocycles. The molecule has 2 rings (SSSR count). The molecule has 0 aliphatic heterocycles. The lowest BCUT2D eigenvalue weighted by molar-refractivity contribution is 0.0992. The van der Waals surface area contributed by atoms with Crippen LogP contribution in [0.4, 0.5) is 10.8 Å². The Labute approximate surface area is 116 Å². The standard InChI is InChI=1S/C13H16N4OS/c1-8-5-9(2)7-10(6-8)17(4)12(18)11-15-16-13(14-3)19-11/h5-7H,1-4H3,(H,14,16). The summed E-state index contributed by atoms with van der Waals surface area (Å²) in [4.78, 5) is 13.9. The highest BCUT2D eigenvalue weighted by molar-refractivity contribution is 7.17. The number of hydrogen-bond acceptors (Lipinski definition) is 5. The summed E-state index contributed by atoms with van der Waals surface area (Å²) in [5.74, 6) is -0.149. The Hall–Kier alpha value is -1.95. The Bertz CT molecular complexity index is 588. The summed E-state index contributed by atoms with van der Waals surface area (Å²) in [5.41, 5.74) is 3.12. The number of nitrogens with zero attached hydrogens (tertiary/aromatic N) is 3. The molecule has 5 nitrogen and oxygen atoms in total. The van der Waals surface area contributed by atoms with Crippen LogP contribution >= 0.6 is 11.3 Å². The molecule has 100 valence electrons. The van der Waals surface area contributed by atoms with E-state index in [1.807, 2.05) is 26.0 Å². The lowest BCUT2D eigenvalue weighted by Gasteiger charge is -2.16.